The molecule has 0 aromatic carbocycles. The molecule has 6 nitrogen and oxygen atoms in total. The first-order valence-electron chi connectivity index (χ1n) is 5.12. The van der Waals surface area contributed by atoms with Crippen LogP contribution in [0, 0.1) is 0 Å². The number of primary sulfonamides is 1. The molecule has 1 amide bonds. The summed E-state index contributed by atoms with van der Waals surface area (Å²) < 4.78 is 21.1. The van der Waals surface area contributed by atoms with Gasteiger partial charge in [-0.25, -0.2) is 13.6 Å². The quantitative estimate of drug-likeness (QED) is 0.536. The molecule has 0 aromatic rings. The Labute approximate surface area is 97.0 Å². The number of nitrogens with one attached hydrogen (secondary N) is 2. The Balaban J connectivity index is 3.57. The number of amides is 1. The maximum absolute atomic E-state index is 11.3. The van der Waals surface area contributed by atoms with E-state index in [1.165, 1.54) is 0 Å². The summed E-state index contributed by atoms with van der Waals surface area (Å²) in [6.45, 7) is 6.41. The van der Waals surface area contributed by atoms with Crippen LogP contribution in [-0.4, -0.2) is 38.7 Å². The fraction of sp³-hybridized carbons (Fsp3) is 0.889. The summed E-state index contributed by atoms with van der Waals surface area (Å²) in [5, 5.41) is 10.5. The summed E-state index contributed by atoms with van der Waals surface area (Å²) in [4.78, 5) is 11.3. The van der Waals surface area contributed by atoms with Gasteiger partial charge in [-0.2, -0.15) is 0 Å². The number of sulfonamides is 1. The molecule has 7 heteroatoms. The smallest absolute Gasteiger partial charge is 0.221 e. The zero-order chi connectivity index (χ0) is 12.8. The van der Waals surface area contributed by atoms with Crippen molar-refractivity contribution in [2.75, 3.05) is 18.8 Å². The van der Waals surface area contributed by atoms with Crippen LogP contribution in [0.3, 0.4) is 0 Å². The average Bonchev–Trinajstić information content (AvgIpc) is 1.97. The monoisotopic (exact) mass is 251 g/mol. The van der Waals surface area contributed by atoms with Crippen LogP contribution in [0.1, 0.15) is 27.2 Å². The maximum atomic E-state index is 11.3. The van der Waals surface area contributed by atoms with Gasteiger partial charge >= 0.3 is 0 Å². The minimum Gasteiger partial charge on any atom is -0.351 e. The molecule has 0 aromatic heterocycles. The van der Waals surface area contributed by atoms with Crippen molar-refractivity contribution in [3.63, 3.8) is 0 Å². The number of nitrogens with two attached hydrogens (primary N) is 1. The Bertz CT molecular complexity index is 319. The lowest BCUT2D eigenvalue weighted by atomic mass is 10.1. The SMILES string of the molecule is CC(C)(C)NC(=O)CCNCCS(N)(=O)=O. The van der Waals surface area contributed by atoms with Crippen molar-refractivity contribution in [3.8, 4) is 0 Å². The van der Waals surface area contributed by atoms with Crippen molar-refractivity contribution in [3.05, 3.63) is 0 Å². The van der Waals surface area contributed by atoms with Gasteiger partial charge in [-0.3, -0.25) is 4.79 Å². The van der Waals surface area contributed by atoms with E-state index in [1.54, 1.807) is 0 Å². The molecule has 0 aliphatic heterocycles. The standard InChI is InChI=1S/C9H21N3O3S/c1-9(2,3)12-8(13)4-5-11-6-7-16(10,14)15/h11H,4-7H2,1-3H3,(H,12,13)(H2,10,14,15). The summed E-state index contributed by atoms with van der Waals surface area (Å²) in [5.41, 5.74) is -0.238. The van der Waals surface area contributed by atoms with E-state index in [4.69, 9.17) is 5.14 Å². The number of carbonyl (C=O) groups excluding carboxylic acids is 1. The average molecular weight is 251 g/mol. The van der Waals surface area contributed by atoms with E-state index in [2.05, 4.69) is 10.6 Å². The lowest BCUT2D eigenvalue weighted by Gasteiger charge is -2.20. The second kappa shape index (κ2) is 6.17. The van der Waals surface area contributed by atoms with E-state index in [0.717, 1.165) is 0 Å². The zero-order valence-corrected chi connectivity index (χ0v) is 10.9. The second-order valence-electron chi connectivity index (χ2n) is 4.67. The summed E-state index contributed by atoms with van der Waals surface area (Å²) in [6, 6.07) is 0. The molecular weight excluding hydrogens is 230 g/mol. The largest absolute Gasteiger partial charge is 0.351 e. The van der Waals surface area contributed by atoms with Crippen LogP contribution in [0.25, 0.3) is 0 Å². The van der Waals surface area contributed by atoms with Gasteiger partial charge in [-0.05, 0) is 20.8 Å². The third kappa shape index (κ3) is 11.4. The molecule has 4 N–H and O–H groups in total. The molecule has 96 valence electrons. The van der Waals surface area contributed by atoms with Crippen molar-refractivity contribution in [2.45, 2.75) is 32.7 Å². The van der Waals surface area contributed by atoms with Crippen molar-refractivity contribution in [1.82, 2.24) is 10.6 Å². The van der Waals surface area contributed by atoms with Crippen LogP contribution in [0.15, 0.2) is 0 Å². The first kappa shape index (κ1) is 15.3. The molecule has 0 fully saturated rings. The maximum Gasteiger partial charge on any atom is 0.221 e. The Morgan fingerprint density at radius 2 is 1.81 bits per heavy atom. The van der Waals surface area contributed by atoms with Crippen molar-refractivity contribution in [1.29, 1.82) is 0 Å². The zero-order valence-electron chi connectivity index (χ0n) is 10.0. The van der Waals surface area contributed by atoms with Crippen molar-refractivity contribution >= 4 is 15.9 Å². The van der Waals surface area contributed by atoms with E-state index in [-0.39, 0.29) is 23.7 Å². The van der Waals surface area contributed by atoms with Crippen molar-refractivity contribution < 1.29 is 13.2 Å². The molecule has 0 heterocycles. The van der Waals surface area contributed by atoms with Gasteiger partial charge in [0.25, 0.3) is 0 Å². The molecular formula is C9H21N3O3S. The molecule has 0 saturated heterocycles. The molecule has 0 radical (unpaired) electrons. The topological polar surface area (TPSA) is 101 Å². The molecule has 0 rings (SSSR count). The van der Waals surface area contributed by atoms with E-state index >= 15 is 0 Å². The van der Waals surface area contributed by atoms with Crippen molar-refractivity contribution in [2.24, 2.45) is 5.14 Å². The molecule has 0 bridgehead atoms. The van der Waals surface area contributed by atoms with Gasteiger partial charge in [0.15, 0.2) is 0 Å². The molecule has 0 aliphatic carbocycles. The Kier molecular flexibility index (Phi) is 5.91. The fourth-order valence-corrected chi connectivity index (χ4v) is 1.45. The van der Waals surface area contributed by atoms with Gasteiger partial charge in [-0.1, -0.05) is 0 Å². The predicted octanol–water partition coefficient (Wildman–Crippen LogP) is -0.831. The highest BCUT2D eigenvalue weighted by Crippen LogP contribution is 1.98. The first-order valence-corrected chi connectivity index (χ1v) is 6.84. The van der Waals surface area contributed by atoms with Gasteiger partial charge < -0.3 is 10.6 Å². The Hall–Kier alpha value is -0.660. The highest BCUT2D eigenvalue weighted by molar-refractivity contribution is 7.89. The van der Waals surface area contributed by atoms with E-state index in [9.17, 15) is 13.2 Å². The predicted molar refractivity (Wildman–Crippen MR) is 63.4 cm³/mol. The van der Waals surface area contributed by atoms with Gasteiger partial charge in [0.05, 0.1) is 5.75 Å². The lowest BCUT2D eigenvalue weighted by molar-refractivity contribution is -0.122. The minimum absolute atomic E-state index is 0.0596. The summed E-state index contributed by atoms with van der Waals surface area (Å²) >= 11 is 0. The summed E-state index contributed by atoms with van der Waals surface area (Å²) in [7, 11) is -3.42. The third-order valence-corrected chi connectivity index (χ3v) is 2.38. The summed E-state index contributed by atoms with van der Waals surface area (Å²) in [6.07, 6.45) is 0.321. The van der Waals surface area contributed by atoms with Gasteiger partial charge in [-0.15, -0.1) is 0 Å². The molecule has 0 saturated carbocycles. The lowest BCUT2D eigenvalue weighted by Crippen LogP contribution is -2.41. The molecule has 0 spiro atoms. The number of hydrogen-bond acceptors (Lipinski definition) is 4. The van der Waals surface area contributed by atoms with Gasteiger partial charge in [0.1, 0.15) is 0 Å². The molecule has 16 heavy (non-hydrogen) atoms. The molecule has 0 unspecified atom stereocenters. The summed E-state index contributed by atoms with van der Waals surface area (Å²) in [5.74, 6) is -0.177. The number of hydrogen-bond donors (Lipinski definition) is 3. The van der Waals surface area contributed by atoms with Crippen LogP contribution in [0.5, 0.6) is 0 Å². The Morgan fingerprint density at radius 3 is 2.25 bits per heavy atom. The number of carbonyl (C=O) groups is 1. The van der Waals surface area contributed by atoms with E-state index < -0.39 is 10.0 Å². The van der Waals surface area contributed by atoms with Crippen LogP contribution < -0.4 is 15.8 Å². The first-order chi connectivity index (χ1) is 7.10. The second-order valence-corrected chi connectivity index (χ2v) is 6.40. The normalized spacial score (nSPS) is 12.5. The Morgan fingerprint density at radius 1 is 1.25 bits per heavy atom. The van der Waals surface area contributed by atoms with Crippen LogP contribution >= 0.6 is 0 Å². The van der Waals surface area contributed by atoms with Crippen LogP contribution in [0.4, 0.5) is 0 Å². The van der Waals surface area contributed by atoms with E-state index in [1.807, 2.05) is 20.8 Å². The number of rotatable bonds is 6. The highest BCUT2D eigenvalue weighted by Gasteiger charge is 2.12. The van der Waals surface area contributed by atoms with Crippen LogP contribution in [0.2, 0.25) is 0 Å². The van der Waals surface area contributed by atoms with E-state index in [0.29, 0.717) is 13.0 Å². The molecule has 0 atom stereocenters. The van der Waals surface area contributed by atoms with Gasteiger partial charge in [0.2, 0.25) is 15.9 Å². The minimum atomic E-state index is -3.42. The third-order valence-electron chi connectivity index (χ3n) is 1.61. The molecule has 0 aliphatic rings. The highest BCUT2D eigenvalue weighted by atomic mass is 32.2. The fourth-order valence-electron chi connectivity index (χ4n) is 1.02. The van der Waals surface area contributed by atoms with Crippen LogP contribution in [-0.2, 0) is 14.8 Å². The van der Waals surface area contributed by atoms with Gasteiger partial charge in [0, 0.05) is 25.0 Å².